The quantitative estimate of drug-likeness (QED) is 0.543. The first-order chi connectivity index (χ1) is 10.7. The molecule has 0 bridgehead atoms. The van der Waals surface area contributed by atoms with E-state index in [9.17, 15) is 4.79 Å². The monoisotopic (exact) mass is 288 g/mol. The van der Waals surface area contributed by atoms with Gasteiger partial charge in [-0.1, -0.05) is 18.2 Å². The van der Waals surface area contributed by atoms with Gasteiger partial charge in [0.2, 0.25) is 0 Å². The van der Waals surface area contributed by atoms with Gasteiger partial charge in [-0.05, 0) is 36.4 Å². The average molecular weight is 288 g/mol. The second kappa shape index (κ2) is 4.70. The van der Waals surface area contributed by atoms with E-state index in [0.717, 1.165) is 10.9 Å². The maximum atomic E-state index is 12.2. The fourth-order valence-electron chi connectivity index (χ4n) is 2.55. The van der Waals surface area contributed by atoms with Crippen LogP contribution in [0.1, 0.15) is 0 Å². The van der Waals surface area contributed by atoms with Gasteiger partial charge in [-0.2, -0.15) is 0 Å². The molecule has 22 heavy (non-hydrogen) atoms. The minimum atomic E-state index is -0.0775. The van der Waals surface area contributed by atoms with Gasteiger partial charge in [-0.25, -0.2) is 4.98 Å². The summed E-state index contributed by atoms with van der Waals surface area (Å²) < 4.78 is 5.81. The highest BCUT2D eigenvalue weighted by atomic mass is 16.3. The molecule has 0 aliphatic carbocycles. The van der Waals surface area contributed by atoms with Gasteiger partial charge in [-0.15, -0.1) is 0 Å². The molecule has 4 nitrogen and oxygen atoms in total. The van der Waals surface area contributed by atoms with Crippen LogP contribution in [0.15, 0.2) is 69.9 Å². The molecule has 4 rings (SSSR count). The van der Waals surface area contributed by atoms with Crippen LogP contribution in [0.2, 0.25) is 0 Å². The van der Waals surface area contributed by atoms with Gasteiger partial charge in [0.1, 0.15) is 11.3 Å². The summed E-state index contributed by atoms with van der Waals surface area (Å²) in [4.78, 5) is 16.7. The molecule has 0 amide bonds. The summed E-state index contributed by atoms with van der Waals surface area (Å²) in [5, 5.41) is 1.45. The van der Waals surface area contributed by atoms with Gasteiger partial charge in [0.25, 0.3) is 0 Å². The first kappa shape index (κ1) is 12.6. The molecule has 106 valence electrons. The molecular formula is C18H12N2O2. The van der Waals surface area contributed by atoms with E-state index >= 15 is 0 Å². The third-order valence-electron chi connectivity index (χ3n) is 3.65. The fraction of sp³-hybridized carbons (Fsp3) is 0. The summed E-state index contributed by atoms with van der Waals surface area (Å²) >= 11 is 0. The zero-order valence-electron chi connectivity index (χ0n) is 11.6. The molecule has 2 heterocycles. The Morgan fingerprint density at radius 2 is 1.77 bits per heavy atom. The number of pyridine rings is 1. The minimum absolute atomic E-state index is 0.0775. The molecule has 0 atom stereocenters. The number of rotatable bonds is 1. The zero-order chi connectivity index (χ0) is 15.1. The number of anilines is 1. The van der Waals surface area contributed by atoms with Gasteiger partial charge in [0.15, 0.2) is 11.2 Å². The Balaban J connectivity index is 1.97. The average Bonchev–Trinajstić information content (AvgIpc) is 2.55. The predicted molar refractivity (Wildman–Crippen MR) is 87.6 cm³/mol. The van der Waals surface area contributed by atoms with E-state index in [1.165, 1.54) is 6.07 Å². The van der Waals surface area contributed by atoms with Crippen LogP contribution >= 0.6 is 0 Å². The molecule has 4 aromatic rings. The summed E-state index contributed by atoms with van der Waals surface area (Å²) in [6, 6.07) is 17.9. The van der Waals surface area contributed by atoms with E-state index in [2.05, 4.69) is 4.98 Å². The van der Waals surface area contributed by atoms with Crippen molar-refractivity contribution in [2.75, 3.05) is 5.73 Å². The lowest BCUT2D eigenvalue weighted by Gasteiger charge is -2.05. The SMILES string of the molecule is Nc1cccc2nc(-c3cc(=O)c4ccccc4o3)ccc12. The van der Waals surface area contributed by atoms with E-state index < -0.39 is 0 Å². The number of benzene rings is 2. The minimum Gasteiger partial charge on any atom is -0.454 e. The molecule has 2 N–H and O–H groups in total. The van der Waals surface area contributed by atoms with Crippen LogP contribution in [-0.4, -0.2) is 4.98 Å². The van der Waals surface area contributed by atoms with Crippen molar-refractivity contribution in [1.82, 2.24) is 4.98 Å². The smallest absolute Gasteiger partial charge is 0.193 e. The third-order valence-corrected chi connectivity index (χ3v) is 3.65. The van der Waals surface area contributed by atoms with Crippen molar-refractivity contribution in [3.05, 3.63) is 70.9 Å². The normalized spacial score (nSPS) is 11.1. The molecule has 0 radical (unpaired) electrons. The number of fused-ring (bicyclic) bond motifs is 2. The lowest BCUT2D eigenvalue weighted by Crippen LogP contribution is -2.00. The summed E-state index contributed by atoms with van der Waals surface area (Å²) in [5.74, 6) is 0.452. The summed E-state index contributed by atoms with van der Waals surface area (Å²) in [5.41, 5.74) is 8.47. The Bertz CT molecular complexity index is 1070. The molecule has 0 saturated carbocycles. The largest absolute Gasteiger partial charge is 0.454 e. The summed E-state index contributed by atoms with van der Waals surface area (Å²) in [6.45, 7) is 0. The predicted octanol–water partition coefficient (Wildman–Crippen LogP) is 3.59. The Hall–Kier alpha value is -3.14. The van der Waals surface area contributed by atoms with Crippen molar-refractivity contribution in [2.45, 2.75) is 0 Å². The molecule has 0 fully saturated rings. The number of aromatic nitrogens is 1. The molecule has 0 aliphatic rings. The Kier molecular flexibility index (Phi) is 2.69. The number of para-hydroxylation sites is 1. The van der Waals surface area contributed by atoms with E-state index in [0.29, 0.717) is 28.1 Å². The molecule has 4 heteroatoms. The fourth-order valence-corrected chi connectivity index (χ4v) is 2.55. The molecule has 0 unspecified atom stereocenters. The highest BCUT2D eigenvalue weighted by molar-refractivity contribution is 5.91. The van der Waals surface area contributed by atoms with Crippen molar-refractivity contribution in [3.8, 4) is 11.5 Å². The van der Waals surface area contributed by atoms with Crippen LogP contribution in [0, 0.1) is 0 Å². The van der Waals surface area contributed by atoms with Crippen LogP contribution in [-0.2, 0) is 0 Å². The highest BCUT2D eigenvalue weighted by Crippen LogP contribution is 2.25. The van der Waals surface area contributed by atoms with E-state index in [4.69, 9.17) is 10.2 Å². The van der Waals surface area contributed by atoms with E-state index in [1.54, 1.807) is 12.1 Å². The van der Waals surface area contributed by atoms with Gasteiger partial charge in [0, 0.05) is 17.1 Å². The first-order valence-electron chi connectivity index (χ1n) is 6.91. The summed E-state index contributed by atoms with van der Waals surface area (Å²) in [7, 11) is 0. The Labute approximate surface area is 125 Å². The standard InChI is InChI=1S/C18H12N2O2/c19-13-5-3-6-14-11(13)8-9-15(20-14)18-10-16(21)12-4-1-2-7-17(12)22-18/h1-10H,19H2. The van der Waals surface area contributed by atoms with Crippen LogP contribution in [0.5, 0.6) is 0 Å². The van der Waals surface area contributed by atoms with Crippen LogP contribution in [0.3, 0.4) is 0 Å². The first-order valence-corrected chi connectivity index (χ1v) is 6.91. The van der Waals surface area contributed by atoms with Crippen LogP contribution in [0.25, 0.3) is 33.3 Å². The lowest BCUT2D eigenvalue weighted by atomic mass is 10.1. The van der Waals surface area contributed by atoms with Gasteiger partial charge in [-0.3, -0.25) is 4.79 Å². The Morgan fingerprint density at radius 3 is 2.68 bits per heavy atom. The van der Waals surface area contributed by atoms with Crippen molar-refractivity contribution < 1.29 is 4.42 Å². The Morgan fingerprint density at radius 1 is 0.909 bits per heavy atom. The number of hydrogen-bond donors (Lipinski definition) is 1. The third kappa shape index (κ3) is 1.93. The molecule has 2 aromatic heterocycles. The topological polar surface area (TPSA) is 69.1 Å². The van der Waals surface area contributed by atoms with Gasteiger partial charge in [0.05, 0.1) is 10.9 Å². The maximum Gasteiger partial charge on any atom is 0.193 e. The number of nitrogens with zero attached hydrogens (tertiary/aromatic N) is 1. The van der Waals surface area contributed by atoms with Crippen molar-refractivity contribution in [1.29, 1.82) is 0 Å². The number of nitrogen functional groups attached to an aromatic ring is 1. The molecular weight excluding hydrogens is 276 g/mol. The lowest BCUT2D eigenvalue weighted by molar-refractivity contribution is 0.616. The van der Waals surface area contributed by atoms with Gasteiger partial charge < -0.3 is 10.2 Å². The van der Waals surface area contributed by atoms with E-state index in [-0.39, 0.29) is 5.43 Å². The van der Waals surface area contributed by atoms with Crippen LogP contribution < -0.4 is 11.2 Å². The molecule has 0 saturated heterocycles. The van der Waals surface area contributed by atoms with E-state index in [1.807, 2.05) is 42.5 Å². The number of nitrogens with two attached hydrogens (primary N) is 1. The molecule has 0 aliphatic heterocycles. The van der Waals surface area contributed by atoms with Crippen LogP contribution in [0.4, 0.5) is 5.69 Å². The highest BCUT2D eigenvalue weighted by Gasteiger charge is 2.09. The summed E-state index contributed by atoms with van der Waals surface area (Å²) in [6.07, 6.45) is 0. The zero-order valence-corrected chi connectivity index (χ0v) is 11.6. The van der Waals surface area contributed by atoms with Crippen molar-refractivity contribution in [3.63, 3.8) is 0 Å². The van der Waals surface area contributed by atoms with Crippen molar-refractivity contribution >= 4 is 27.6 Å². The number of hydrogen-bond acceptors (Lipinski definition) is 4. The molecule has 2 aromatic carbocycles. The van der Waals surface area contributed by atoms with Crippen molar-refractivity contribution in [2.24, 2.45) is 0 Å². The maximum absolute atomic E-state index is 12.2. The van der Waals surface area contributed by atoms with Gasteiger partial charge >= 0.3 is 0 Å². The molecule has 0 spiro atoms. The second-order valence-corrected chi connectivity index (χ2v) is 5.08. The second-order valence-electron chi connectivity index (χ2n) is 5.08.